The third-order valence-electron chi connectivity index (χ3n) is 3.01. The fourth-order valence-corrected chi connectivity index (χ4v) is 2.39. The van der Waals surface area contributed by atoms with Gasteiger partial charge in [0, 0.05) is 6.04 Å². The van der Waals surface area contributed by atoms with Crippen LogP contribution in [0, 0.1) is 5.92 Å². The summed E-state index contributed by atoms with van der Waals surface area (Å²) in [5.74, 6) is 1.08. The third kappa shape index (κ3) is 1.34. The Morgan fingerprint density at radius 3 is 3.00 bits per heavy atom. The molecule has 10 heavy (non-hydrogen) atoms. The molecule has 1 saturated heterocycles. The molecule has 0 radical (unpaired) electrons. The second-order valence-corrected chi connectivity index (χ2v) is 3.83. The Labute approximate surface area is 63.2 Å². The SMILES string of the molecule is C1CCC2CCC(C2)NC1. The van der Waals surface area contributed by atoms with Gasteiger partial charge in [0.1, 0.15) is 0 Å². The van der Waals surface area contributed by atoms with E-state index in [0.717, 1.165) is 12.0 Å². The smallest absolute Gasteiger partial charge is 0.00698 e. The number of fused-ring (bicyclic) bond motifs is 2. The monoisotopic (exact) mass is 139 g/mol. The summed E-state index contributed by atoms with van der Waals surface area (Å²) in [7, 11) is 0. The van der Waals surface area contributed by atoms with Crippen LogP contribution in [0.15, 0.2) is 0 Å². The summed E-state index contributed by atoms with van der Waals surface area (Å²) in [6, 6.07) is 0.894. The zero-order valence-electron chi connectivity index (χ0n) is 6.60. The van der Waals surface area contributed by atoms with Crippen LogP contribution in [-0.4, -0.2) is 12.6 Å². The van der Waals surface area contributed by atoms with Crippen molar-refractivity contribution in [2.45, 2.75) is 44.6 Å². The van der Waals surface area contributed by atoms with Gasteiger partial charge < -0.3 is 5.32 Å². The van der Waals surface area contributed by atoms with E-state index in [0.29, 0.717) is 0 Å². The van der Waals surface area contributed by atoms with E-state index < -0.39 is 0 Å². The highest BCUT2D eigenvalue weighted by molar-refractivity contribution is 4.82. The van der Waals surface area contributed by atoms with E-state index in [9.17, 15) is 0 Å². The van der Waals surface area contributed by atoms with Gasteiger partial charge in [-0.1, -0.05) is 12.8 Å². The maximum atomic E-state index is 3.61. The van der Waals surface area contributed by atoms with E-state index >= 15 is 0 Å². The average Bonchev–Trinajstić information content (AvgIpc) is 2.30. The fourth-order valence-electron chi connectivity index (χ4n) is 2.39. The van der Waals surface area contributed by atoms with E-state index in [4.69, 9.17) is 0 Å². The van der Waals surface area contributed by atoms with Crippen molar-refractivity contribution in [3.8, 4) is 0 Å². The Balaban J connectivity index is 1.91. The van der Waals surface area contributed by atoms with Crippen molar-refractivity contribution in [1.82, 2.24) is 5.32 Å². The summed E-state index contributed by atoms with van der Waals surface area (Å²) < 4.78 is 0. The first-order valence-corrected chi connectivity index (χ1v) is 4.68. The van der Waals surface area contributed by atoms with Gasteiger partial charge in [-0.05, 0) is 38.1 Å². The number of hydrogen-bond acceptors (Lipinski definition) is 1. The van der Waals surface area contributed by atoms with Gasteiger partial charge in [-0.25, -0.2) is 0 Å². The number of nitrogens with one attached hydrogen (secondary N) is 1. The molecule has 0 aromatic heterocycles. The molecule has 2 unspecified atom stereocenters. The molecule has 2 aliphatic rings. The minimum atomic E-state index is 0.894. The number of hydrogen-bond donors (Lipinski definition) is 1. The van der Waals surface area contributed by atoms with Gasteiger partial charge in [-0.3, -0.25) is 0 Å². The molecule has 0 amide bonds. The van der Waals surface area contributed by atoms with Crippen molar-refractivity contribution >= 4 is 0 Å². The Morgan fingerprint density at radius 1 is 1.00 bits per heavy atom. The zero-order chi connectivity index (χ0) is 6.81. The quantitative estimate of drug-likeness (QED) is 0.540. The Kier molecular flexibility index (Phi) is 1.94. The van der Waals surface area contributed by atoms with Gasteiger partial charge in [0.2, 0.25) is 0 Å². The highest BCUT2D eigenvalue weighted by Gasteiger charge is 2.24. The van der Waals surface area contributed by atoms with Crippen LogP contribution in [0.25, 0.3) is 0 Å². The van der Waals surface area contributed by atoms with Crippen molar-refractivity contribution in [1.29, 1.82) is 0 Å². The summed E-state index contributed by atoms with van der Waals surface area (Å²) >= 11 is 0. The lowest BCUT2D eigenvalue weighted by Gasteiger charge is -2.16. The van der Waals surface area contributed by atoms with Gasteiger partial charge in [-0.2, -0.15) is 0 Å². The molecular formula is C9H17N. The molecule has 0 aromatic carbocycles. The molecule has 2 atom stereocenters. The molecule has 2 rings (SSSR count). The summed E-state index contributed by atoms with van der Waals surface area (Å²) in [6.45, 7) is 1.28. The van der Waals surface area contributed by atoms with Gasteiger partial charge in [0.15, 0.2) is 0 Å². The van der Waals surface area contributed by atoms with E-state index in [2.05, 4.69) is 5.32 Å². The Morgan fingerprint density at radius 2 is 2.00 bits per heavy atom. The highest BCUT2D eigenvalue weighted by atomic mass is 14.9. The summed E-state index contributed by atoms with van der Waals surface area (Å²) in [5.41, 5.74) is 0. The molecular weight excluding hydrogens is 122 g/mol. The van der Waals surface area contributed by atoms with Gasteiger partial charge >= 0.3 is 0 Å². The predicted molar refractivity (Wildman–Crippen MR) is 43.0 cm³/mol. The minimum Gasteiger partial charge on any atom is -0.314 e. The molecule has 1 saturated carbocycles. The predicted octanol–water partition coefficient (Wildman–Crippen LogP) is 1.93. The van der Waals surface area contributed by atoms with Crippen LogP contribution in [0.2, 0.25) is 0 Å². The van der Waals surface area contributed by atoms with Gasteiger partial charge in [0.05, 0.1) is 0 Å². The summed E-state index contributed by atoms with van der Waals surface area (Å²) in [5, 5.41) is 3.61. The molecule has 0 spiro atoms. The van der Waals surface area contributed by atoms with Crippen molar-refractivity contribution in [3.63, 3.8) is 0 Å². The minimum absolute atomic E-state index is 0.894. The molecule has 1 N–H and O–H groups in total. The van der Waals surface area contributed by atoms with E-state index in [1.807, 2.05) is 0 Å². The molecule has 1 aliphatic carbocycles. The second kappa shape index (κ2) is 2.91. The lowest BCUT2D eigenvalue weighted by molar-refractivity contribution is 0.408. The first kappa shape index (κ1) is 6.66. The zero-order valence-corrected chi connectivity index (χ0v) is 6.60. The second-order valence-electron chi connectivity index (χ2n) is 3.83. The normalized spacial score (nSPS) is 40.8. The van der Waals surface area contributed by atoms with Gasteiger partial charge in [0.25, 0.3) is 0 Å². The van der Waals surface area contributed by atoms with Crippen molar-refractivity contribution in [3.05, 3.63) is 0 Å². The first-order valence-electron chi connectivity index (χ1n) is 4.68. The van der Waals surface area contributed by atoms with Crippen LogP contribution in [0.5, 0.6) is 0 Å². The average molecular weight is 139 g/mol. The Bertz CT molecular complexity index is 99.3. The maximum Gasteiger partial charge on any atom is 0.00698 e. The standard InChI is InChI=1S/C9H17N/c1-2-6-10-9-5-4-8(3-1)7-9/h8-10H,1-7H2. The van der Waals surface area contributed by atoms with Crippen LogP contribution in [0.4, 0.5) is 0 Å². The van der Waals surface area contributed by atoms with Gasteiger partial charge in [-0.15, -0.1) is 0 Å². The van der Waals surface area contributed by atoms with Crippen LogP contribution in [0.3, 0.4) is 0 Å². The molecule has 1 aliphatic heterocycles. The molecule has 1 nitrogen and oxygen atoms in total. The van der Waals surface area contributed by atoms with Crippen LogP contribution in [0.1, 0.15) is 38.5 Å². The lowest BCUT2D eigenvalue weighted by atomic mass is 9.99. The first-order chi connectivity index (χ1) is 4.95. The van der Waals surface area contributed by atoms with E-state index in [1.54, 1.807) is 0 Å². The largest absolute Gasteiger partial charge is 0.314 e. The molecule has 1 heterocycles. The van der Waals surface area contributed by atoms with Crippen molar-refractivity contribution < 1.29 is 0 Å². The molecule has 1 heteroatoms. The summed E-state index contributed by atoms with van der Waals surface area (Å²) in [6.07, 6.45) is 8.80. The fraction of sp³-hybridized carbons (Fsp3) is 1.00. The topological polar surface area (TPSA) is 12.0 Å². The van der Waals surface area contributed by atoms with Crippen LogP contribution in [-0.2, 0) is 0 Å². The lowest BCUT2D eigenvalue weighted by Crippen LogP contribution is -2.28. The van der Waals surface area contributed by atoms with E-state index in [1.165, 1.54) is 45.1 Å². The van der Waals surface area contributed by atoms with E-state index in [-0.39, 0.29) is 0 Å². The van der Waals surface area contributed by atoms with Crippen LogP contribution >= 0.6 is 0 Å². The molecule has 58 valence electrons. The maximum absolute atomic E-state index is 3.61. The van der Waals surface area contributed by atoms with Crippen molar-refractivity contribution in [2.24, 2.45) is 5.92 Å². The molecule has 2 fully saturated rings. The highest BCUT2D eigenvalue weighted by Crippen LogP contribution is 2.30. The van der Waals surface area contributed by atoms with Crippen molar-refractivity contribution in [2.75, 3.05) is 6.54 Å². The molecule has 0 aromatic rings. The third-order valence-corrected chi connectivity index (χ3v) is 3.01. The Hall–Kier alpha value is -0.0400. The number of rotatable bonds is 0. The van der Waals surface area contributed by atoms with Crippen LogP contribution < -0.4 is 5.32 Å². The summed E-state index contributed by atoms with van der Waals surface area (Å²) in [4.78, 5) is 0. The molecule has 2 bridgehead atoms.